The van der Waals surface area contributed by atoms with Crippen LogP contribution < -0.4 is 20.9 Å². The molecule has 3 N–H and O–H groups in total. The molecule has 1 fully saturated rings. The van der Waals surface area contributed by atoms with E-state index in [9.17, 15) is 13.6 Å². The van der Waals surface area contributed by atoms with E-state index in [1.807, 2.05) is 26.0 Å². The number of carbonyl (C=O) groups is 1. The molecule has 33 heavy (non-hydrogen) atoms. The standard InChI is InChI=1S/C22H20F2N6O.C2H6/c23-14-2-1-3-15(24)20(14)16-10-17(21-18(28-16)12-27-22(21)31)29-19-5-4-13(11-26-19)30-8-6-25-7-9-30;1-2/h1-5,10-11,25H,6-9,12H2,(H,27,31)(H,26,28,29);1-2H3. The summed E-state index contributed by atoms with van der Waals surface area (Å²) in [6.07, 6.45) is 1.77. The van der Waals surface area contributed by atoms with Gasteiger partial charge in [-0.25, -0.2) is 18.7 Å². The van der Waals surface area contributed by atoms with Crippen molar-refractivity contribution in [1.82, 2.24) is 20.6 Å². The maximum atomic E-state index is 14.3. The number of piperazine rings is 1. The second-order valence-electron chi connectivity index (χ2n) is 7.42. The quantitative estimate of drug-likeness (QED) is 0.558. The number of anilines is 3. The van der Waals surface area contributed by atoms with Crippen molar-refractivity contribution in [1.29, 1.82) is 0 Å². The van der Waals surface area contributed by atoms with Gasteiger partial charge in [-0.2, -0.15) is 0 Å². The van der Waals surface area contributed by atoms with Crippen LogP contribution in [-0.2, 0) is 6.54 Å². The molecule has 7 nitrogen and oxygen atoms in total. The van der Waals surface area contributed by atoms with Crippen LogP contribution in [0.5, 0.6) is 0 Å². The third kappa shape index (κ3) is 4.63. The Kier molecular flexibility index (Phi) is 6.79. The van der Waals surface area contributed by atoms with Crippen molar-refractivity contribution in [3.63, 3.8) is 0 Å². The predicted octanol–water partition coefficient (Wildman–Crippen LogP) is 3.84. The zero-order chi connectivity index (χ0) is 23.4. The topological polar surface area (TPSA) is 82.2 Å². The van der Waals surface area contributed by atoms with Crippen LogP contribution in [0.15, 0.2) is 42.6 Å². The van der Waals surface area contributed by atoms with Gasteiger partial charge < -0.3 is 20.9 Å². The zero-order valence-electron chi connectivity index (χ0n) is 18.6. The van der Waals surface area contributed by atoms with Gasteiger partial charge in [0.15, 0.2) is 0 Å². The zero-order valence-corrected chi connectivity index (χ0v) is 18.6. The van der Waals surface area contributed by atoms with Gasteiger partial charge in [-0.15, -0.1) is 0 Å². The Morgan fingerprint density at radius 1 is 1.03 bits per heavy atom. The number of aromatic nitrogens is 2. The lowest BCUT2D eigenvalue weighted by Crippen LogP contribution is -2.43. The van der Waals surface area contributed by atoms with E-state index >= 15 is 0 Å². The van der Waals surface area contributed by atoms with Crippen molar-refractivity contribution in [2.24, 2.45) is 0 Å². The Hall–Kier alpha value is -3.59. The van der Waals surface area contributed by atoms with Gasteiger partial charge in [0.2, 0.25) is 0 Å². The minimum Gasteiger partial charge on any atom is -0.368 e. The second-order valence-corrected chi connectivity index (χ2v) is 7.42. The molecule has 0 saturated carbocycles. The van der Waals surface area contributed by atoms with E-state index < -0.39 is 11.6 Å². The van der Waals surface area contributed by atoms with Crippen LogP contribution in [0, 0.1) is 11.6 Å². The number of pyridine rings is 2. The highest BCUT2D eigenvalue weighted by atomic mass is 19.1. The van der Waals surface area contributed by atoms with Crippen molar-refractivity contribution in [3.8, 4) is 11.3 Å². The van der Waals surface area contributed by atoms with Gasteiger partial charge in [-0.05, 0) is 30.3 Å². The third-order valence-electron chi connectivity index (χ3n) is 5.45. The van der Waals surface area contributed by atoms with Crippen molar-refractivity contribution >= 4 is 23.1 Å². The van der Waals surface area contributed by atoms with Crippen molar-refractivity contribution in [2.75, 3.05) is 36.4 Å². The number of rotatable bonds is 4. The highest BCUT2D eigenvalue weighted by molar-refractivity contribution is 6.04. The molecular formula is C24H26F2N6O. The minimum atomic E-state index is -0.714. The molecule has 2 aromatic heterocycles. The first-order valence-corrected chi connectivity index (χ1v) is 11.1. The molecule has 5 rings (SSSR count). The molecule has 1 aromatic carbocycles. The average Bonchev–Trinajstić information content (AvgIpc) is 3.22. The summed E-state index contributed by atoms with van der Waals surface area (Å²) in [5.74, 6) is -1.20. The van der Waals surface area contributed by atoms with E-state index in [4.69, 9.17) is 0 Å². The SMILES string of the molecule is CC.O=C1NCc2nc(-c3c(F)cccc3F)cc(Nc3ccc(N4CCNCC4)cn3)c21. The summed E-state index contributed by atoms with van der Waals surface area (Å²) in [5, 5.41) is 9.15. The summed E-state index contributed by atoms with van der Waals surface area (Å²) in [7, 11) is 0. The Balaban J connectivity index is 0.00000126. The van der Waals surface area contributed by atoms with Gasteiger partial charge in [0.1, 0.15) is 17.5 Å². The summed E-state index contributed by atoms with van der Waals surface area (Å²) in [4.78, 5) is 23.4. The van der Waals surface area contributed by atoms with Gasteiger partial charge in [-0.3, -0.25) is 4.79 Å². The molecule has 4 heterocycles. The number of hydrogen-bond acceptors (Lipinski definition) is 6. The van der Waals surface area contributed by atoms with Crippen LogP contribution in [0.25, 0.3) is 11.3 Å². The van der Waals surface area contributed by atoms with Gasteiger partial charge in [0.25, 0.3) is 5.91 Å². The lowest BCUT2D eigenvalue weighted by atomic mass is 10.1. The Bertz CT molecular complexity index is 1130. The fourth-order valence-corrected chi connectivity index (χ4v) is 3.91. The second kappa shape index (κ2) is 9.91. The van der Waals surface area contributed by atoms with Crippen molar-refractivity contribution in [3.05, 3.63) is 65.5 Å². The van der Waals surface area contributed by atoms with Gasteiger partial charge in [0.05, 0.1) is 46.6 Å². The molecule has 1 amide bonds. The van der Waals surface area contributed by atoms with E-state index in [0.29, 0.717) is 22.8 Å². The van der Waals surface area contributed by atoms with Gasteiger partial charge >= 0.3 is 0 Å². The molecule has 1 saturated heterocycles. The highest BCUT2D eigenvalue weighted by Gasteiger charge is 2.27. The molecule has 2 aliphatic heterocycles. The smallest absolute Gasteiger partial charge is 0.255 e. The van der Waals surface area contributed by atoms with Gasteiger partial charge in [-0.1, -0.05) is 19.9 Å². The van der Waals surface area contributed by atoms with E-state index in [1.165, 1.54) is 24.3 Å². The van der Waals surface area contributed by atoms with Gasteiger partial charge in [0, 0.05) is 26.2 Å². The van der Waals surface area contributed by atoms with Crippen LogP contribution >= 0.6 is 0 Å². The first-order chi connectivity index (χ1) is 16.1. The van der Waals surface area contributed by atoms with E-state index in [-0.39, 0.29) is 23.7 Å². The number of nitrogens with zero attached hydrogens (tertiary/aromatic N) is 3. The normalized spacial score (nSPS) is 14.8. The molecule has 0 radical (unpaired) electrons. The van der Waals surface area contributed by atoms with Crippen molar-refractivity contribution in [2.45, 2.75) is 20.4 Å². The summed E-state index contributed by atoms with van der Waals surface area (Å²) < 4.78 is 28.7. The number of benzene rings is 1. The molecule has 0 unspecified atom stereocenters. The number of halogens is 2. The molecule has 172 valence electrons. The summed E-state index contributed by atoms with van der Waals surface area (Å²) in [6, 6.07) is 8.92. The largest absolute Gasteiger partial charge is 0.368 e. The Labute approximate surface area is 191 Å². The Morgan fingerprint density at radius 3 is 2.42 bits per heavy atom. The van der Waals surface area contributed by atoms with E-state index in [0.717, 1.165) is 31.9 Å². The molecule has 0 aliphatic carbocycles. The van der Waals surface area contributed by atoms with Crippen LogP contribution in [0.3, 0.4) is 0 Å². The third-order valence-corrected chi connectivity index (χ3v) is 5.45. The Morgan fingerprint density at radius 2 is 1.76 bits per heavy atom. The highest BCUT2D eigenvalue weighted by Crippen LogP contribution is 2.33. The monoisotopic (exact) mass is 452 g/mol. The minimum absolute atomic E-state index is 0.116. The number of carbonyl (C=O) groups excluding carboxylic acids is 1. The number of nitrogens with one attached hydrogen (secondary N) is 3. The fraction of sp³-hybridized carbons (Fsp3) is 0.292. The summed E-state index contributed by atoms with van der Waals surface area (Å²) in [6.45, 7) is 7.86. The van der Waals surface area contributed by atoms with Crippen LogP contribution in [-0.4, -0.2) is 42.1 Å². The fourth-order valence-electron chi connectivity index (χ4n) is 3.91. The molecule has 9 heteroatoms. The molecule has 3 aromatic rings. The first-order valence-electron chi connectivity index (χ1n) is 11.1. The molecule has 0 spiro atoms. The lowest BCUT2D eigenvalue weighted by Gasteiger charge is -2.29. The predicted molar refractivity (Wildman–Crippen MR) is 125 cm³/mol. The number of hydrogen-bond donors (Lipinski definition) is 3. The average molecular weight is 453 g/mol. The molecule has 2 aliphatic rings. The molecule has 0 atom stereocenters. The number of amides is 1. The maximum absolute atomic E-state index is 14.3. The number of fused-ring (bicyclic) bond motifs is 1. The van der Waals surface area contributed by atoms with E-state index in [2.05, 4.69) is 30.8 Å². The maximum Gasteiger partial charge on any atom is 0.255 e. The lowest BCUT2D eigenvalue weighted by molar-refractivity contribution is 0.0966. The molecule has 0 bridgehead atoms. The van der Waals surface area contributed by atoms with Crippen LogP contribution in [0.4, 0.5) is 26.0 Å². The summed E-state index contributed by atoms with van der Waals surface area (Å²) in [5.41, 5.74) is 2.10. The van der Waals surface area contributed by atoms with Crippen LogP contribution in [0.1, 0.15) is 29.9 Å². The summed E-state index contributed by atoms with van der Waals surface area (Å²) >= 11 is 0. The van der Waals surface area contributed by atoms with Crippen molar-refractivity contribution < 1.29 is 13.6 Å². The molecular weight excluding hydrogens is 426 g/mol. The van der Waals surface area contributed by atoms with Crippen LogP contribution in [0.2, 0.25) is 0 Å². The van der Waals surface area contributed by atoms with E-state index in [1.54, 1.807) is 6.20 Å². The first kappa shape index (κ1) is 22.6.